The first kappa shape index (κ1) is 21.9. The van der Waals surface area contributed by atoms with Crippen molar-refractivity contribution in [2.75, 3.05) is 23.5 Å². The average molecular weight is 495 g/mol. The molecule has 7 rings (SSSR count). The molecule has 0 unspecified atom stereocenters. The van der Waals surface area contributed by atoms with E-state index in [-0.39, 0.29) is 0 Å². The van der Waals surface area contributed by atoms with Gasteiger partial charge in [0.1, 0.15) is 11.6 Å². The fraction of sp³-hybridized carbons (Fsp3) is 0.0645. The zero-order valence-electron chi connectivity index (χ0n) is 20.6. The lowest BCUT2D eigenvalue weighted by Crippen LogP contribution is -2.23. The van der Waals surface area contributed by atoms with Crippen LogP contribution < -0.4 is 14.5 Å². The molecule has 6 aromatic rings. The van der Waals surface area contributed by atoms with E-state index in [4.69, 9.17) is 4.74 Å². The second kappa shape index (κ2) is 8.64. The number of hydrogen-bond acceptors (Lipinski definition) is 6. The Hall–Kier alpha value is -5.35. The van der Waals surface area contributed by atoms with Gasteiger partial charge < -0.3 is 14.5 Å². The number of rotatable bonds is 4. The van der Waals surface area contributed by atoms with E-state index in [0.717, 1.165) is 39.8 Å². The maximum Gasteiger partial charge on any atom is 0.221 e. The van der Waals surface area contributed by atoms with Crippen LogP contribution >= 0.6 is 0 Å². The molecule has 7 heteroatoms. The van der Waals surface area contributed by atoms with Gasteiger partial charge in [0.2, 0.25) is 5.88 Å². The van der Waals surface area contributed by atoms with Crippen molar-refractivity contribution in [1.82, 2.24) is 14.5 Å². The van der Waals surface area contributed by atoms with Crippen molar-refractivity contribution in [3.63, 3.8) is 0 Å². The monoisotopic (exact) mass is 494 g/mol. The van der Waals surface area contributed by atoms with Gasteiger partial charge in [-0.3, -0.25) is 4.57 Å². The normalized spacial score (nSPS) is 12.6. The van der Waals surface area contributed by atoms with Crippen molar-refractivity contribution in [2.24, 2.45) is 0 Å². The van der Waals surface area contributed by atoms with Gasteiger partial charge >= 0.3 is 0 Å². The van der Waals surface area contributed by atoms with E-state index in [0.29, 0.717) is 23.0 Å². The topological polar surface area (TPSA) is 70.2 Å². The number of anilines is 3. The Morgan fingerprint density at radius 3 is 2.47 bits per heavy atom. The molecule has 4 heterocycles. The van der Waals surface area contributed by atoms with Crippen LogP contribution in [0.3, 0.4) is 0 Å². The van der Waals surface area contributed by atoms with Crippen LogP contribution in [0.2, 0.25) is 0 Å². The van der Waals surface area contributed by atoms with E-state index in [1.165, 1.54) is 5.69 Å². The van der Waals surface area contributed by atoms with Crippen LogP contribution in [0.5, 0.6) is 11.6 Å². The Morgan fingerprint density at radius 2 is 1.58 bits per heavy atom. The average Bonchev–Trinajstić information content (AvgIpc) is 3.48. The molecule has 0 N–H and O–H groups in total. The van der Waals surface area contributed by atoms with Gasteiger partial charge in [0.25, 0.3) is 0 Å². The molecule has 0 saturated carbocycles. The lowest BCUT2D eigenvalue weighted by molar-refractivity contribution is 0.463. The maximum absolute atomic E-state index is 9.44. The van der Waals surface area contributed by atoms with Crippen LogP contribution in [-0.4, -0.2) is 28.3 Å². The lowest BCUT2D eigenvalue weighted by atomic mass is 10.1. The number of nitrogens with zero attached hydrogens (tertiary/aromatic N) is 6. The van der Waals surface area contributed by atoms with Crippen molar-refractivity contribution < 1.29 is 4.74 Å². The number of nitriles is 1. The van der Waals surface area contributed by atoms with Gasteiger partial charge in [-0.15, -0.1) is 0 Å². The molecular weight excluding hydrogens is 472 g/mol. The van der Waals surface area contributed by atoms with Crippen LogP contribution in [0.25, 0.3) is 27.6 Å². The number of aromatic nitrogens is 3. The standard InChI is InChI=1S/C31H22N6O/c1-35-20-36(28-9-5-4-8-27(28)35)22-13-15-34-31(17-22)38-23-10-11-25-24-6-2-3-7-26(24)37(29(25)18-23)30-16-21(19-32)12-14-33-30/h2-18H,20H2,1H3. The van der Waals surface area contributed by atoms with Crippen LogP contribution in [0.4, 0.5) is 17.1 Å². The molecule has 0 spiro atoms. The molecule has 38 heavy (non-hydrogen) atoms. The van der Waals surface area contributed by atoms with Crippen molar-refractivity contribution >= 4 is 38.9 Å². The van der Waals surface area contributed by atoms with Gasteiger partial charge in [0.05, 0.1) is 40.7 Å². The Kier molecular flexibility index (Phi) is 4.98. The fourth-order valence-electron chi connectivity index (χ4n) is 5.21. The van der Waals surface area contributed by atoms with E-state index in [1.807, 2.05) is 36.4 Å². The van der Waals surface area contributed by atoms with Gasteiger partial charge in [-0.25, -0.2) is 9.97 Å². The Bertz CT molecular complexity index is 1890. The fourth-order valence-corrected chi connectivity index (χ4v) is 5.21. The zero-order chi connectivity index (χ0) is 25.6. The summed E-state index contributed by atoms with van der Waals surface area (Å²) in [7, 11) is 2.09. The molecule has 0 amide bonds. The maximum atomic E-state index is 9.44. The van der Waals surface area contributed by atoms with E-state index >= 15 is 0 Å². The number of fused-ring (bicyclic) bond motifs is 4. The third-order valence-corrected chi connectivity index (χ3v) is 6.94. The van der Waals surface area contributed by atoms with E-state index < -0.39 is 0 Å². The van der Waals surface area contributed by atoms with Crippen molar-refractivity contribution in [3.05, 3.63) is 109 Å². The molecule has 7 nitrogen and oxygen atoms in total. The molecule has 0 saturated heterocycles. The smallest absolute Gasteiger partial charge is 0.221 e. The molecule has 1 aliphatic rings. The van der Waals surface area contributed by atoms with Gasteiger partial charge in [0, 0.05) is 48.0 Å². The molecule has 3 aromatic carbocycles. The van der Waals surface area contributed by atoms with E-state index in [2.05, 4.69) is 79.9 Å². The second-order valence-electron chi connectivity index (χ2n) is 9.26. The van der Waals surface area contributed by atoms with E-state index in [9.17, 15) is 5.26 Å². The Labute approximate surface area is 219 Å². The predicted molar refractivity (Wildman–Crippen MR) is 149 cm³/mol. The Morgan fingerprint density at radius 1 is 0.789 bits per heavy atom. The number of ether oxygens (including phenoxy) is 1. The van der Waals surface area contributed by atoms with Crippen LogP contribution in [0.15, 0.2) is 103 Å². The first-order valence-electron chi connectivity index (χ1n) is 12.3. The summed E-state index contributed by atoms with van der Waals surface area (Å²) < 4.78 is 8.36. The van der Waals surface area contributed by atoms with Gasteiger partial charge in [-0.05, 0) is 48.5 Å². The van der Waals surface area contributed by atoms with Crippen molar-refractivity contribution in [1.29, 1.82) is 5.26 Å². The molecule has 0 aliphatic carbocycles. The van der Waals surface area contributed by atoms with Crippen LogP contribution in [-0.2, 0) is 0 Å². The quantitative estimate of drug-likeness (QED) is 0.269. The highest BCUT2D eigenvalue weighted by Crippen LogP contribution is 2.40. The molecular formula is C31H22N6O. The first-order chi connectivity index (χ1) is 18.7. The number of pyridine rings is 2. The number of hydrogen-bond donors (Lipinski definition) is 0. The zero-order valence-corrected chi connectivity index (χ0v) is 20.6. The predicted octanol–water partition coefficient (Wildman–Crippen LogP) is 6.78. The molecule has 0 bridgehead atoms. The number of benzene rings is 3. The molecule has 0 atom stereocenters. The number of para-hydroxylation sites is 3. The highest BCUT2D eigenvalue weighted by molar-refractivity contribution is 6.09. The molecule has 3 aromatic heterocycles. The molecule has 182 valence electrons. The molecule has 0 fully saturated rings. The minimum absolute atomic E-state index is 0.515. The Balaban J connectivity index is 1.30. The first-order valence-corrected chi connectivity index (χ1v) is 12.3. The summed E-state index contributed by atoms with van der Waals surface area (Å²) in [6.07, 6.45) is 3.44. The van der Waals surface area contributed by atoms with Crippen LogP contribution in [0.1, 0.15) is 5.56 Å². The summed E-state index contributed by atoms with van der Waals surface area (Å²) in [6.45, 7) is 0.754. The summed E-state index contributed by atoms with van der Waals surface area (Å²) in [6, 6.07) is 32.3. The van der Waals surface area contributed by atoms with E-state index in [1.54, 1.807) is 24.5 Å². The minimum atomic E-state index is 0.515. The van der Waals surface area contributed by atoms with Crippen molar-refractivity contribution in [2.45, 2.75) is 0 Å². The highest BCUT2D eigenvalue weighted by atomic mass is 16.5. The summed E-state index contributed by atoms with van der Waals surface area (Å²) >= 11 is 0. The summed E-state index contributed by atoms with van der Waals surface area (Å²) in [5.41, 5.74) is 5.88. The summed E-state index contributed by atoms with van der Waals surface area (Å²) in [4.78, 5) is 13.5. The highest BCUT2D eigenvalue weighted by Gasteiger charge is 2.24. The molecule has 0 radical (unpaired) electrons. The third-order valence-electron chi connectivity index (χ3n) is 6.94. The molecule has 1 aliphatic heterocycles. The van der Waals surface area contributed by atoms with Crippen molar-refractivity contribution in [3.8, 4) is 23.5 Å². The van der Waals surface area contributed by atoms with Crippen LogP contribution in [0, 0.1) is 11.3 Å². The summed E-state index contributed by atoms with van der Waals surface area (Å²) in [5, 5.41) is 11.6. The SMILES string of the molecule is CN1CN(c2ccnc(Oc3ccc4c5ccccc5n(-c5cc(C#N)ccn5)c4c3)c2)c2ccccc21. The third kappa shape index (κ3) is 3.51. The van der Waals surface area contributed by atoms with Gasteiger partial charge in [-0.1, -0.05) is 30.3 Å². The summed E-state index contributed by atoms with van der Waals surface area (Å²) in [5.74, 6) is 1.87. The van der Waals surface area contributed by atoms with Gasteiger partial charge in [-0.2, -0.15) is 5.26 Å². The van der Waals surface area contributed by atoms with Gasteiger partial charge in [0.15, 0.2) is 0 Å². The largest absolute Gasteiger partial charge is 0.439 e. The lowest BCUT2D eigenvalue weighted by Gasteiger charge is -2.20. The minimum Gasteiger partial charge on any atom is -0.439 e. The second-order valence-corrected chi connectivity index (χ2v) is 9.26.